The zero-order valence-corrected chi connectivity index (χ0v) is 14.0. The number of carbonyl (C=O) groups excluding carboxylic acids is 1. The molecule has 0 fully saturated rings. The number of aryl methyl sites for hydroxylation is 2. The molecule has 0 spiro atoms. The van der Waals surface area contributed by atoms with Crippen molar-refractivity contribution >= 4 is 28.2 Å². The fourth-order valence-electron chi connectivity index (χ4n) is 3.00. The second kappa shape index (κ2) is 5.87. The van der Waals surface area contributed by atoms with Crippen LogP contribution in [0.1, 0.15) is 45.4 Å². The second-order valence-corrected chi connectivity index (χ2v) is 7.07. The third kappa shape index (κ3) is 2.63. The maximum Gasteiger partial charge on any atom is 0.349 e. The monoisotopic (exact) mass is 340 g/mol. The minimum atomic E-state index is -0.619. The number of nitrogens with one attached hydrogen (secondary N) is 1. The largest absolute Gasteiger partial charge is 0.450 e. The van der Waals surface area contributed by atoms with E-state index in [2.05, 4.69) is 9.97 Å². The Labute approximate surface area is 142 Å². The van der Waals surface area contributed by atoms with Gasteiger partial charge in [0.1, 0.15) is 4.88 Å². The summed E-state index contributed by atoms with van der Waals surface area (Å²) in [5, 5.41) is 0.523. The van der Waals surface area contributed by atoms with Gasteiger partial charge in [0.25, 0.3) is 5.56 Å². The number of aromatic nitrogens is 2. The van der Waals surface area contributed by atoms with Crippen LogP contribution >= 0.6 is 11.3 Å². The number of fused-ring (bicyclic) bond motifs is 2. The van der Waals surface area contributed by atoms with E-state index in [-0.39, 0.29) is 11.5 Å². The van der Waals surface area contributed by atoms with Crippen molar-refractivity contribution in [3.05, 3.63) is 61.8 Å². The van der Waals surface area contributed by atoms with Gasteiger partial charge in [0, 0.05) is 4.88 Å². The maximum absolute atomic E-state index is 12.4. The lowest BCUT2D eigenvalue weighted by atomic mass is 10.2. The Kier molecular flexibility index (Phi) is 3.69. The normalized spacial score (nSPS) is 14.5. The highest BCUT2D eigenvalue weighted by Crippen LogP contribution is 2.31. The first-order chi connectivity index (χ1) is 11.6. The molecule has 0 aliphatic heterocycles. The molecule has 0 amide bonds. The van der Waals surface area contributed by atoms with Crippen molar-refractivity contribution in [1.29, 1.82) is 0 Å². The van der Waals surface area contributed by atoms with Crippen molar-refractivity contribution in [3.63, 3.8) is 0 Å². The van der Waals surface area contributed by atoms with Gasteiger partial charge in [-0.25, -0.2) is 9.78 Å². The Hall–Kier alpha value is -2.47. The number of hydrogen-bond acceptors (Lipinski definition) is 5. The number of aromatic amines is 1. The molecule has 2 aromatic heterocycles. The van der Waals surface area contributed by atoms with Crippen molar-refractivity contribution in [3.8, 4) is 0 Å². The zero-order chi connectivity index (χ0) is 16.7. The average Bonchev–Trinajstić information content (AvgIpc) is 3.16. The fourth-order valence-corrected chi connectivity index (χ4v) is 4.14. The molecular weight excluding hydrogens is 324 g/mol. The van der Waals surface area contributed by atoms with E-state index in [4.69, 9.17) is 4.74 Å². The van der Waals surface area contributed by atoms with Crippen molar-refractivity contribution in [1.82, 2.24) is 9.97 Å². The van der Waals surface area contributed by atoms with Gasteiger partial charge in [-0.3, -0.25) is 4.79 Å². The Morgan fingerprint density at radius 2 is 2.17 bits per heavy atom. The molecule has 1 aromatic carbocycles. The van der Waals surface area contributed by atoms with E-state index in [9.17, 15) is 9.59 Å². The molecule has 0 bridgehead atoms. The Morgan fingerprint density at radius 1 is 1.33 bits per heavy atom. The summed E-state index contributed by atoms with van der Waals surface area (Å²) in [5.74, 6) is -0.00569. The van der Waals surface area contributed by atoms with E-state index >= 15 is 0 Å². The average molecular weight is 340 g/mol. The lowest BCUT2D eigenvalue weighted by Crippen LogP contribution is -2.17. The van der Waals surface area contributed by atoms with Gasteiger partial charge in [0.15, 0.2) is 11.9 Å². The van der Waals surface area contributed by atoms with Crippen LogP contribution in [0.15, 0.2) is 35.1 Å². The van der Waals surface area contributed by atoms with E-state index in [1.807, 2.05) is 12.1 Å². The molecule has 122 valence electrons. The molecule has 6 heteroatoms. The summed E-state index contributed by atoms with van der Waals surface area (Å²) >= 11 is 1.51. The van der Waals surface area contributed by atoms with Crippen LogP contribution in [0.25, 0.3) is 10.9 Å². The first-order valence-corrected chi connectivity index (χ1v) is 8.75. The topological polar surface area (TPSA) is 72.0 Å². The number of rotatable bonds is 3. The molecule has 1 aliphatic rings. The number of benzene rings is 1. The number of ether oxygens (including phenoxy) is 1. The highest BCUT2D eigenvalue weighted by Gasteiger charge is 2.22. The molecule has 0 saturated heterocycles. The first kappa shape index (κ1) is 15.1. The summed E-state index contributed by atoms with van der Waals surface area (Å²) in [7, 11) is 0. The van der Waals surface area contributed by atoms with Crippen LogP contribution in [-0.4, -0.2) is 15.9 Å². The molecule has 4 rings (SSSR count). The van der Waals surface area contributed by atoms with Gasteiger partial charge < -0.3 is 9.72 Å². The number of para-hydroxylation sites is 1. The van der Waals surface area contributed by atoms with Crippen LogP contribution in [0, 0.1) is 0 Å². The number of esters is 1. The Bertz CT molecular complexity index is 968. The third-order valence-corrected chi connectivity index (χ3v) is 5.46. The van der Waals surface area contributed by atoms with Gasteiger partial charge in [0.05, 0.1) is 10.9 Å². The lowest BCUT2D eigenvalue weighted by Gasteiger charge is -2.12. The van der Waals surface area contributed by atoms with Gasteiger partial charge in [-0.15, -0.1) is 11.3 Å². The second-order valence-electron chi connectivity index (χ2n) is 5.93. The smallest absolute Gasteiger partial charge is 0.349 e. The minimum absolute atomic E-state index is 0.228. The molecule has 2 heterocycles. The molecule has 1 aliphatic carbocycles. The Balaban J connectivity index is 1.58. The van der Waals surface area contributed by atoms with Crippen LogP contribution in [0.3, 0.4) is 0 Å². The van der Waals surface area contributed by atoms with E-state index in [1.54, 1.807) is 25.1 Å². The van der Waals surface area contributed by atoms with E-state index in [0.29, 0.717) is 21.6 Å². The SMILES string of the molecule is C[C@@H](OC(=O)c1cc2c(s1)CCC2)c1nc2ccccc2c(=O)[nH]1. The maximum atomic E-state index is 12.4. The van der Waals surface area contributed by atoms with Crippen molar-refractivity contribution < 1.29 is 9.53 Å². The van der Waals surface area contributed by atoms with Crippen molar-refractivity contribution in [2.75, 3.05) is 0 Å². The molecule has 1 N–H and O–H groups in total. The van der Waals surface area contributed by atoms with E-state index in [0.717, 1.165) is 19.3 Å². The van der Waals surface area contributed by atoms with Crippen LogP contribution < -0.4 is 5.56 Å². The third-order valence-electron chi connectivity index (χ3n) is 4.25. The van der Waals surface area contributed by atoms with Crippen LogP contribution in [0.4, 0.5) is 0 Å². The molecule has 5 nitrogen and oxygen atoms in total. The number of H-pyrrole nitrogens is 1. The lowest BCUT2D eigenvalue weighted by molar-refractivity contribution is 0.0326. The van der Waals surface area contributed by atoms with E-state index in [1.165, 1.54) is 21.8 Å². The van der Waals surface area contributed by atoms with Gasteiger partial charge >= 0.3 is 5.97 Å². The molecule has 24 heavy (non-hydrogen) atoms. The molecule has 0 unspecified atom stereocenters. The number of nitrogens with zero attached hydrogens (tertiary/aromatic N) is 1. The highest BCUT2D eigenvalue weighted by molar-refractivity contribution is 7.14. The molecule has 0 radical (unpaired) electrons. The quantitative estimate of drug-likeness (QED) is 0.742. The van der Waals surface area contributed by atoms with Gasteiger partial charge in [-0.1, -0.05) is 12.1 Å². The predicted octanol–water partition coefficient (Wildman–Crippen LogP) is 3.39. The number of thiophene rings is 1. The number of carbonyl (C=O) groups is 1. The minimum Gasteiger partial charge on any atom is -0.450 e. The van der Waals surface area contributed by atoms with Gasteiger partial charge in [-0.05, 0) is 49.9 Å². The molecule has 0 saturated carbocycles. The van der Waals surface area contributed by atoms with Crippen LogP contribution in [0.5, 0.6) is 0 Å². The summed E-state index contributed by atoms with van der Waals surface area (Å²) in [6, 6.07) is 9.03. The molecule has 3 aromatic rings. The summed E-state index contributed by atoms with van der Waals surface area (Å²) < 4.78 is 5.50. The fraction of sp³-hybridized carbons (Fsp3) is 0.278. The molecular formula is C18H16N2O3S. The summed E-state index contributed by atoms with van der Waals surface area (Å²) in [6.45, 7) is 1.71. The van der Waals surface area contributed by atoms with E-state index < -0.39 is 6.10 Å². The summed E-state index contributed by atoms with van der Waals surface area (Å²) in [4.78, 5) is 33.5. The van der Waals surface area contributed by atoms with Gasteiger partial charge in [-0.2, -0.15) is 0 Å². The molecule has 1 atom stereocenters. The van der Waals surface area contributed by atoms with Crippen LogP contribution in [-0.2, 0) is 17.6 Å². The summed E-state index contributed by atoms with van der Waals surface area (Å²) in [5.41, 5.74) is 1.62. The zero-order valence-electron chi connectivity index (χ0n) is 13.2. The summed E-state index contributed by atoms with van der Waals surface area (Å²) in [6.07, 6.45) is 2.62. The van der Waals surface area contributed by atoms with Crippen molar-refractivity contribution in [2.24, 2.45) is 0 Å². The standard InChI is InChI=1S/C18H16N2O3S/c1-10(16-19-13-7-3-2-6-12(13)17(21)20-16)23-18(22)15-9-11-5-4-8-14(11)24-15/h2-3,6-7,9-10H,4-5,8H2,1H3,(H,19,20,21)/t10-/m1/s1. The number of hydrogen-bond donors (Lipinski definition) is 1. The van der Waals surface area contributed by atoms with Crippen molar-refractivity contribution in [2.45, 2.75) is 32.3 Å². The highest BCUT2D eigenvalue weighted by atomic mass is 32.1. The van der Waals surface area contributed by atoms with Gasteiger partial charge in [0.2, 0.25) is 0 Å². The predicted molar refractivity (Wildman–Crippen MR) is 92.5 cm³/mol. The Morgan fingerprint density at radius 3 is 3.00 bits per heavy atom. The first-order valence-electron chi connectivity index (χ1n) is 7.93. The van der Waals surface area contributed by atoms with Crippen LogP contribution in [0.2, 0.25) is 0 Å².